The molecule has 0 amide bonds. The average molecular weight is 254 g/mol. The minimum absolute atomic E-state index is 0.371. The van der Waals surface area contributed by atoms with Crippen molar-refractivity contribution in [3.63, 3.8) is 0 Å². The maximum absolute atomic E-state index is 13.1. The van der Waals surface area contributed by atoms with Gasteiger partial charge in [0.15, 0.2) is 0 Å². The summed E-state index contributed by atoms with van der Waals surface area (Å²) in [5.41, 5.74) is 2.38. The zero-order chi connectivity index (χ0) is 13.7. The number of rotatable bonds is 4. The molecule has 2 aromatic carbocycles. The quantitative estimate of drug-likeness (QED) is 0.836. The van der Waals surface area contributed by atoms with E-state index in [0.717, 1.165) is 18.7 Å². The zero-order valence-electron chi connectivity index (χ0n) is 10.8. The van der Waals surface area contributed by atoms with Crippen molar-refractivity contribution < 1.29 is 4.39 Å². The van der Waals surface area contributed by atoms with Crippen LogP contribution in [0.4, 0.5) is 10.1 Å². The molecule has 0 saturated carbocycles. The number of benzene rings is 2. The second-order valence-corrected chi connectivity index (χ2v) is 4.43. The van der Waals surface area contributed by atoms with Gasteiger partial charge in [0.2, 0.25) is 0 Å². The summed E-state index contributed by atoms with van der Waals surface area (Å²) >= 11 is 0. The summed E-state index contributed by atoms with van der Waals surface area (Å²) in [5, 5.41) is 9.03. The molecule has 0 unspecified atom stereocenters. The molecule has 0 bridgehead atoms. The molecule has 0 saturated heterocycles. The lowest BCUT2D eigenvalue weighted by Crippen LogP contribution is -2.21. The molecule has 96 valence electrons. The van der Waals surface area contributed by atoms with Crippen LogP contribution in [0.1, 0.15) is 11.1 Å². The van der Waals surface area contributed by atoms with Crippen molar-refractivity contribution in [3.05, 3.63) is 65.5 Å². The van der Waals surface area contributed by atoms with Gasteiger partial charge < -0.3 is 4.90 Å². The minimum Gasteiger partial charge on any atom is -0.373 e. The first-order valence-corrected chi connectivity index (χ1v) is 6.15. The van der Waals surface area contributed by atoms with Crippen LogP contribution in [0.2, 0.25) is 0 Å². The van der Waals surface area contributed by atoms with Gasteiger partial charge in [-0.05, 0) is 30.2 Å². The predicted molar refractivity (Wildman–Crippen MR) is 74.5 cm³/mol. The summed E-state index contributed by atoms with van der Waals surface area (Å²) < 4.78 is 13.1. The lowest BCUT2D eigenvalue weighted by molar-refractivity contribution is 0.627. The number of nitrogens with zero attached hydrogens (tertiary/aromatic N) is 2. The third kappa shape index (κ3) is 3.32. The van der Waals surface area contributed by atoms with Crippen LogP contribution >= 0.6 is 0 Å². The fourth-order valence-corrected chi connectivity index (χ4v) is 1.99. The number of hydrogen-bond donors (Lipinski definition) is 0. The van der Waals surface area contributed by atoms with Gasteiger partial charge in [0.1, 0.15) is 11.9 Å². The highest BCUT2D eigenvalue weighted by molar-refractivity contribution is 5.59. The molecule has 0 aliphatic rings. The summed E-state index contributed by atoms with van der Waals surface area (Å²) in [6.07, 6.45) is 0.888. The first kappa shape index (κ1) is 13.1. The molecule has 3 heteroatoms. The van der Waals surface area contributed by atoms with Crippen LogP contribution in [0.3, 0.4) is 0 Å². The van der Waals surface area contributed by atoms with Gasteiger partial charge in [-0.2, -0.15) is 5.26 Å². The topological polar surface area (TPSA) is 27.0 Å². The maximum Gasteiger partial charge on any atom is 0.124 e. The van der Waals surface area contributed by atoms with E-state index in [1.165, 1.54) is 17.7 Å². The molecule has 2 rings (SSSR count). The van der Waals surface area contributed by atoms with Crippen molar-refractivity contribution in [2.75, 3.05) is 18.5 Å². The van der Waals surface area contributed by atoms with Gasteiger partial charge >= 0.3 is 0 Å². The molecule has 0 spiro atoms. The lowest BCUT2D eigenvalue weighted by atomic mass is 10.1. The third-order valence-corrected chi connectivity index (χ3v) is 3.07. The summed E-state index contributed by atoms with van der Waals surface area (Å²) in [6, 6.07) is 16.5. The van der Waals surface area contributed by atoms with Gasteiger partial charge in [-0.25, -0.2) is 4.39 Å². The second kappa shape index (κ2) is 6.01. The highest BCUT2D eigenvalue weighted by atomic mass is 19.1. The Kier molecular flexibility index (Phi) is 4.15. The SMILES string of the molecule is CN(CCc1ccccc1)c1ccc(F)cc1C#N. The Morgan fingerprint density at radius 2 is 1.89 bits per heavy atom. The van der Waals surface area contributed by atoms with E-state index in [1.807, 2.05) is 36.2 Å². The summed E-state index contributed by atoms with van der Waals surface area (Å²) in [7, 11) is 1.91. The van der Waals surface area contributed by atoms with Crippen LogP contribution < -0.4 is 4.90 Å². The smallest absolute Gasteiger partial charge is 0.124 e. The Morgan fingerprint density at radius 3 is 2.58 bits per heavy atom. The van der Waals surface area contributed by atoms with Crippen molar-refractivity contribution in [1.82, 2.24) is 0 Å². The van der Waals surface area contributed by atoms with Crippen LogP contribution in [-0.4, -0.2) is 13.6 Å². The van der Waals surface area contributed by atoms with Gasteiger partial charge in [-0.15, -0.1) is 0 Å². The van der Waals surface area contributed by atoms with Crippen LogP contribution in [0.15, 0.2) is 48.5 Å². The van der Waals surface area contributed by atoms with E-state index in [2.05, 4.69) is 12.1 Å². The lowest BCUT2D eigenvalue weighted by Gasteiger charge is -2.20. The van der Waals surface area contributed by atoms with E-state index in [1.54, 1.807) is 6.07 Å². The van der Waals surface area contributed by atoms with E-state index in [9.17, 15) is 4.39 Å². The number of nitriles is 1. The minimum atomic E-state index is -0.378. The number of anilines is 1. The van der Waals surface area contributed by atoms with Crippen LogP contribution in [0.5, 0.6) is 0 Å². The van der Waals surface area contributed by atoms with Crippen LogP contribution in [0, 0.1) is 17.1 Å². The van der Waals surface area contributed by atoms with Gasteiger partial charge in [0, 0.05) is 13.6 Å². The molecular formula is C16H15FN2. The fraction of sp³-hybridized carbons (Fsp3) is 0.188. The Bertz CT molecular complexity index is 587. The van der Waals surface area contributed by atoms with Crippen molar-refractivity contribution in [2.45, 2.75) is 6.42 Å². The zero-order valence-corrected chi connectivity index (χ0v) is 10.8. The highest BCUT2D eigenvalue weighted by Gasteiger charge is 2.08. The first-order chi connectivity index (χ1) is 9.20. The normalized spacial score (nSPS) is 9.95. The van der Waals surface area contributed by atoms with Crippen molar-refractivity contribution in [1.29, 1.82) is 5.26 Å². The molecule has 0 aliphatic heterocycles. The number of likely N-dealkylation sites (N-methyl/N-ethyl adjacent to an activating group) is 1. The fourth-order valence-electron chi connectivity index (χ4n) is 1.99. The monoisotopic (exact) mass is 254 g/mol. The molecule has 0 N–H and O–H groups in total. The maximum atomic E-state index is 13.1. The van der Waals surface area contributed by atoms with Crippen LogP contribution in [0.25, 0.3) is 0 Å². The molecule has 19 heavy (non-hydrogen) atoms. The molecule has 0 radical (unpaired) electrons. The van der Waals surface area contributed by atoms with E-state index < -0.39 is 0 Å². The van der Waals surface area contributed by atoms with Gasteiger partial charge in [0.05, 0.1) is 11.3 Å². The van der Waals surface area contributed by atoms with Crippen molar-refractivity contribution >= 4 is 5.69 Å². The van der Waals surface area contributed by atoms with Crippen molar-refractivity contribution in [2.24, 2.45) is 0 Å². The Balaban J connectivity index is 2.08. The standard InChI is InChI=1S/C16H15FN2/c1-19(10-9-13-5-3-2-4-6-13)16-8-7-15(17)11-14(16)12-18/h2-8,11H,9-10H2,1H3. The molecule has 0 aromatic heterocycles. The average Bonchev–Trinajstić information content (AvgIpc) is 2.45. The van der Waals surface area contributed by atoms with E-state index in [-0.39, 0.29) is 5.82 Å². The number of halogens is 1. The molecule has 0 atom stereocenters. The molecule has 0 fully saturated rings. The van der Waals surface area contributed by atoms with Gasteiger partial charge in [-0.3, -0.25) is 0 Å². The third-order valence-electron chi connectivity index (χ3n) is 3.07. The highest BCUT2D eigenvalue weighted by Crippen LogP contribution is 2.20. The Labute approximate surface area is 112 Å². The number of hydrogen-bond acceptors (Lipinski definition) is 2. The largest absolute Gasteiger partial charge is 0.373 e. The molecule has 0 heterocycles. The first-order valence-electron chi connectivity index (χ1n) is 6.15. The van der Waals surface area contributed by atoms with E-state index in [0.29, 0.717) is 5.56 Å². The van der Waals surface area contributed by atoms with Gasteiger partial charge in [-0.1, -0.05) is 30.3 Å². The molecule has 2 nitrogen and oxygen atoms in total. The summed E-state index contributed by atoms with van der Waals surface area (Å²) in [6.45, 7) is 0.782. The van der Waals surface area contributed by atoms with E-state index >= 15 is 0 Å². The van der Waals surface area contributed by atoms with Crippen molar-refractivity contribution in [3.8, 4) is 6.07 Å². The Morgan fingerprint density at radius 1 is 1.16 bits per heavy atom. The molecular weight excluding hydrogens is 239 g/mol. The molecule has 0 aliphatic carbocycles. The van der Waals surface area contributed by atoms with Crippen LogP contribution in [-0.2, 0) is 6.42 Å². The summed E-state index contributed by atoms with van der Waals surface area (Å²) in [4.78, 5) is 1.98. The molecule has 2 aromatic rings. The van der Waals surface area contributed by atoms with E-state index in [4.69, 9.17) is 5.26 Å². The summed E-state index contributed by atoms with van der Waals surface area (Å²) in [5.74, 6) is -0.378. The Hall–Kier alpha value is -2.34. The predicted octanol–water partition coefficient (Wildman–Crippen LogP) is 3.38. The van der Waals surface area contributed by atoms with Gasteiger partial charge in [0.25, 0.3) is 0 Å². The second-order valence-electron chi connectivity index (χ2n) is 4.43.